The van der Waals surface area contributed by atoms with Crippen LogP contribution in [-0.4, -0.2) is 23.9 Å². The Balaban J connectivity index is 3.29. The second-order valence-electron chi connectivity index (χ2n) is 7.81. The molecule has 0 saturated heterocycles. The summed E-state index contributed by atoms with van der Waals surface area (Å²) in [6.07, 6.45) is 19.2. The van der Waals surface area contributed by atoms with Crippen LogP contribution in [0.15, 0.2) is 0 Å². The minimum absolute atomic E-state index is 0.343. The zero-order valence-electron chi connectivity index (χ0n) is 17.4. The van der Waals surface area contributed by atoms with Crippen molar-refractivity contribution in [3.63, 3.8) is 0 Å². The van der Waals surface area contributed by atoms with Crippen molar-refractivity contribution in [2.24, 2.45) is 0 Å². The molecule has 0 fully saturated rings. The first-order chi connectivity index (χ1) is 12.9. The Morgan fingerprint density at radius 1 is 0.815 bits per heavy atom. The highest BCUT2D eigenvalue weighted by molar-refractivity contribution is 7.43. The van der Waals surface area contributed by atoms with Gasteiger partial charge in [0.05, 0.1) is 7.82 Å². The van der Waals surface area contributed by atoms with Crippen LogP contribution in [0.4, 0.5) is 0 Å². The molecule has 0 amide bonds. The number of hydrogen-bond donors (Lipinski definition) is 2. The van der Waals surface area contributed by atoms with Crippen LogP contribution in [0.25, 0.3) is 0 Å². The van der Waals surface area contributed by atoms with E-state index < -0.39 is 20.0 Å². The van der Waals surface area contributed by atoms with Crippen LogP contribution in [0.1, 0.15) is 110 Å². The molecule has 0 aliphatic carbocycles. The molecule has 0 saturated carbocycles. The van der Waals surface area contributed by atoms with Crippen molar-refractivity contribution in [1.82, 2.24) is 0 Å². The molecule has 0 aliphatic rings. The van der Waals surface area contributed by atoms with Crippen molar-refractivity contribution in [1.29, 1.82) is 0 Å². The van der Waals surface area contributed by atoms with Crippen LogP contribution < -0.4 is 15.5 Å². The lowest BCUT2D eigenvalue weighted by Crippen LogP contribution is -2.68. The van der Waals surface area contributed by atoms with E-state index in [4.69, 9.17) is 0 Å². The van der Waals surface area contributed by atoms with E-state index in [1.807, 2.05) is 0 Å². The number of rotatable bonds is 20. The van der Waals surface area contributed by atoms with E-state index in [0.717, 1.165) is 12.8 Å². The summed E-state index contributed by atoms with van der Waals surface area (Å²) in [7, 11) is -4.97. The predicted molar refractivity (Wildman–Crippen MR) is 106 cm³/mol. The monoisotopic (exact) mass is 408 g/mol. The number of phosphoric ester groups is 1. The van der Waals surface area contributed by atoms with Gasteiger partial charge in [-0.25, -0.2) is 0 Å². The standard InChI is InChI=1S/C20H44NO5P/c1-2-3-4-5-6-7-8-9-10-11-12-13-14-15-16-17-20(22)19(21)18-26-27(23,24)25/h19-20,22H,2-18,21H2,1H3,(H2,23,24,25)/p-1/t19-,20+/m0/s1. The molecule has 0 aromatic rings. The third-order valence-electron chi connectivity index (χ3n) is 5.09. The minimum atomic E-state index is -4.97. The molecular formula is C20H43NO5P-. The summed E-state index contributed by atoms with van der Waals surface area (Å²) in [6.45, 7) is 1.91. The molecule has 0 bridgehead atoms. The van der Waals surface area contributed by atoms with E-state index in [1.54, 1.807) is 0 Å². The molecule has 4 N–H and O–H groups in total. The maximum Gasteiger partial charge on any atom is 0.135 e. The van der Waals surface area contributed by atoms with Gasteiger partial charge in [0.15, 0.2) is 0 Å². The summed E-state index contributed by atoms with van der Waals surface area (Å²) in [6, 6.07) is -0.590. The SMILES string of the molecule is CCCCCCCCCCCCCCCCC[C@@H](O)[C@@H]([NH3+])COP(=O)([O-])[O-]. The van der Waals surface area contributed by atoms with E-state index >= 15 is 0 Å². The van der Waals surface area contributed by atoms with Crippen LogP contribution in [0, 0.1) is 0 Å². The van der Waals surface area contributed by atoms with Gasteiger partial charge in [-0.05, 0) is 6.42 Å². The molecule has 0 rings (SSSR count). The fourth-order valence-corrected chi connectivity index (χ4v) is 3.63. The molecule has 164 valence electrons. The molecule has 0 aliphatic heterocycles. The Bertz CT molecular complexity index is 364. The summed E-state index contributed by atoms with van der Waals surface area (Å²) in [5.74, 6) is 0. The van der Waals surface area contributed by atoms with Crippen LogP contribution >= 0.6 is 7.82 Å². The second kappa shape index (κ2) is 18.1. The van der Waals surface area contributed by atoms with Crippen LogP contribution in [0.3, 0.4) is 0 Å². The summed E-state index contributed by atoms with van der Waals surface area (Å²) >= 11 is 0. The van der Waals surface area contributed by atoms with Gasteiger partial charge in [-0.3, -0.25) is 0 Å². The van der Waals surface area contributed by atoms with Gasteiger partial charge in [0.2, 0.25) is 0 Å². The second-order valence-corrected chi connectivity index (χ2v) is 8.96. The normalized spacial score (nSPS) is 14.4. The average molecular weight is 409 g/mol. The van der Waals surface area contributed by atoms with E-state index in [-0.39, 0.29) is 6.61 Å². The molecule has 0 radical (unpaired) electrons. The fourth-order valence-electron chi connectivity index (χ4n) is 3.26. The van der Waals surface area contributed by atoms with Crippen molar-refractivity contribution in [3.8, 4) is 0 Å². The van der Waals surface area contributed by atoms with Crippen LogP contribution in [0.2, 0.25) is 0 Å². The number of aliphatic hydroxyl groups excluding tert-OH is 1. The first-order valence-corrected chi connectivity index (χ1v) is 12.5. The third-order valence-corrected chi connectivity index (χ3v) is 5.56. The zero-order valence-corrected chi connectivity index (χ0v) is 18.3. The number of quaternary nitrogens is 1. The van der Waals surface area contributed by atoms with Gasteiger partial charge in [0, 0.05) is 0 Å². The summed E-state index contributed by atoms with van der Waals surface area (Å²) in [5.41, 5.74) is 3.66. The predicted octanol–water partition coefficient (Wildman–Crippen LogP) is 3.06. The molecule has 27 heavy (non-hydrogen) atoms. The van der Waals surface area contributed by atoms with E-state index in [0.29, 0.717) is 6.42 Å². The molecule has 7 heteroatoms. The van der Waals surface area contributed by atoms with E-state index in [9.17, 15) is 19.5 Å². The molecule has 0 aromatic carbocycles. The van der Waals surface area contributed by atoms with Crippen molar-refractivity contribution in [2.45, 2.75) is 122 Å². The van der Waals surface area contributed by atoms with Crippen molar-refractivity contribution < 1.29 is 29.7 Å². The Morgan fingerprint density at radius 2 is 1.19 bits per heavy atom. The summed E-state index contributed by atoms with van der Waals surface area (Å²) in [4.78, 5) is 20.8. The highest BCUT2D eigenvalue weighted by atomic mass is 31.2. The lowest BCUT2D eigenvalue weighted by Gasteiger charge is -2.29. The Hall–Kier alpha value is 0.0300. The van der Waals surface area contributed by atoms with Gasteiger partial charge in [-0.1, -0.05) is 103 Å². The van der Waals surface area contributed by atoms with Gasteiger partial charge in [-0.2, -0.15) is 0 Å². The van der Waals surface area contributed by atoms with Crippen LogP contribution in [0.5, 0.6) is 0 Å². The Labute approximate surface area is 166 Å². The largest absolute Gasteiger partial charge is 0.790 e. The maximum atomic E-state index is 10.4. The fraction of sp³-hybridized carbons (Fsp3) is 1.00. The molecule has 0 heterocycles. The first kappa shape index (κ1) is 27.0. The quantitative estimate of drug-likeness (QED) is 0.237. The van der Waals surface area contributed by atoms with Gasteiger partial charge < -0.3 is 29.7 Å². The van der Waals surface area contributed by atoms with E-state index in [2.05, 4.69) is 17.2 Å². The highest BCUT2D eigenvalue weighted by Gasteiger charge is 2.18. The maximum absolute atomic E-state index is 10.4. The van der Waals surface area contributed by atoms with Crippen molar-refractivity contribution in [3.05, 3.63) is 0 Å². The smallest absolute Gasteiger partial charge is 0.135 e. The lowest BCUT2D eigenvalue weighted by atomic mass is 10.0. The number of phosphoric acid groups is 1. The molecule has 0 unspecified atom stereocenters. The van der Waals surface area contributed by atoms with E-state index in [1.165, 1.54) is 83.5 Å². The minimum Gasteiger partial charge on any atom is -0.790 e. The van der Waals surface area contributed by atoms with Gasteiger partial charge in [-0.15, -0.1) is 0 Å². The average Bonchev–Trinajstić information content (AvgIpc) is 2.62. The molecule has 2 atom stereocenters. The Morgan fingerprint density at radius 3 is 1.56 bits per heavy atom. The third kappa shape index (κ3) is 20.6. The Kier molecular flexibility index (Phi) is 18.1. The lowest BCUT2D eigenvalue weighted by molar-refractivity contribution is -0.446. The zero-order chi connectivity index (χ0) is 20.4. The van der Waals surface area contributed by atoms with Crippen molar-refractivity contribution in [2.75, 3.05) is 6.61 Å². The van der Waals surface area contributed by atoms with Gasteiger partial charge >= 0.3 is 0 Å². The summed E-state index contributed by atoms with van der Waals surface area (Å²) < 4.78 is 14.6. The summed E-state index contributed by atoms with van der Waals surface area (Å²) in [5, 5.41) is 9.88. The number of hydrogen-bond acceptors (Lipinski definition) is 5. The topological polar surface area (TPSA) is 120 Å². The molecular weight excluding hydrogens is 365 g/mol. The van der Waals surface area contributed by atoms with Crippen LogP contribution in [-0.2, 0) is 9.09 Å². The first-order valence-electron chi connectivity index (χ1n) is 11.0. The van der Waals surface area contributed by atoms with Crippen molar-refractivity contribution >= 4 is 7.82 Å². The highest BCUT2D eigenvalue weighted by Crippen LogP contribution is 2.24. The molecule has 0 spiro atoms. The van der Waals surface area contributed by atoms with Gasteiger partial charge in [0.1, 0.15) is 18.8 Å². The van der Waals surface area contributed by atoms with Gasteiger partial charge in [0.25, 0.3) is 0 Å². The number of unbranched alkanes of at least 4 members (excludes halogenated alkanes) is 14. The molecule has 0 aromatic heterocycles. The number of aliphatic hydroxyl groups is 1. The molecule has 6 nitrogen and oxygen atoms in total.